The van der Waals surface area contributed by atoms with Crippen LogP contribution in [0.4, 0.5) is 17.3 Å². The molecule has 0 aliphatic heterocycles. The molecule has 1 amide bonds. The SMILES string of the molecule is CC(=O)Nc1cnc(-c2ccccc2)nc1Nc1cc(C2CC2)[nH]n1. The lowest BCUT2D eigenvalue weighted by molar-refractivity contribution is -0.114. The molecule has 1 fully saturated rings. The van der Waals surface area contributed by atoms with E-state index in [1.54, 1.807) is 6.20 Å². The number of H-pyrrole nitrogens is 1. The molecule has 0 atom stereocenters. The number of hydrogen-bond acceptors (Lipinski definition) is 5. The van der Waals surface area contributed by atoms with Crippen LogP contribution in [0.2, 0.25) is 0 Å². The number of benzene rings is 1. The first-order chi connectivity index (χ1) is 12.2. The second kappa shape index (κ2) is 6.35. The van der Waals surface area contributed by atoms with Crippen molar-refractivity contribution in [2.75, 3.05) is 10.6 Å². The molecule has 0 radical (unpaired) electrons. The highest BCUT2D eigenvalue weighted by Gasteiger charge is 2.25. The van der Waals surface area contributed by atoms with Crippen molar-refractivity contribution >= 4 is 23.2 Å². The zero-order valence-corrected chi connectivity index (χ0v) is 13.8. The highest BCUT2D eigenvalue weighted by atomic mass is 16.1. The summed E-state index contributed by atoms with van der Waals surface area (Å²) in [5.41, 5.74) is 2.55. The third-order valence-electron chi connectivity index (χ3n) is 3.99. The Morgan fingerprint density at radius 1 is 1.24 bits per heavy atom. The fourth-order valence-electron chi connectivity index (χ4n) is 2.61. The molecular weight excluding hydrogens is 316 g/mol. The standard InChI is InChI=1S/C18H18N6O/c1-11(25)20-15-10-19-17(13-5-3-2-4-6-13)22-18(15)21-16-9-14(23-24-16)12-7-8-12/h2-6,9-10,12H,7-8H2,1H3,(H,20,25)(H2,19,21,22,23,24). The van der Waals surface area contributed by atoms with Gasteiger partial charge in [-0.1, -0.05) is 30.3 Å². The summed E-state index contributed by atoms with van der Waals surface area (Å²) in [6, 6.07) is 11.7. The van der Waals surface area contributed by atoms with Gasteiger partial charge in [-0.05, 0) is 12.8 Å². The van der Waals surface area contributed by atoms with Gasteiger partial charge in [-0.15, -0.1) is 0 Å². The monoisotopic (exact) mass is 334 g/mol. The molecule has 0 unspecified atom stereocenters. The Labute approximate surface area is 144 Å². The van der Waals surface area contributed by atoms with Gasteiger partial charge in [-0.3, -0.25) is 9.89 Å². The Balaban J connectivity index is 1.67. The number of aromatic nitrogens is 4. The fraction of sp³-hybridized carbons (Fsp3) is 0.222. The van der Waals surface area contributed by atoms with Crippen LogP contribution in [0.1, 0.15) is 31.4 Å². The number of hydrogen-bond donors (Lipinski definition) is 3. The van der Waals surface area contributed by atoms with Crippen LogP contribution >= 0.6 is 0 Å². The average molecular weight is 334 g/mol. The summed E-state index contributed by atoms with van der Waals surface area (Å²) in [5, 5.41) is 13.3. The van der Waals surface area contributed by atoms with Crippen LogP contribution in [0.5, 0.6) is 0 Å². The molecule has 7 nitrogen and oxygen atoms in total. The van der Waals surface area contributed by atoms with E-state index < -0.39 is 0 Å². The second-order valence-corrected chi connectivity index (χ2v) is 6.11. The van der Waals surface area contributed by atoms with Gasteiger partial charge in [0.05, 0.1) is 6.20 Å². The number of anilines is 3. The molecule has 25 heavy (non-hydrogen) atoms. The van der Waals surface area contributed by atoms with Gasteiger partial charge in [0.1, 0.15) is 5.69 Å². The Morgan fingerprint density at radius 2 is 2.04 bits per heavy atom. The molecule has 1 aliphatic rings. The van der Waals surface area contributed by atoms with E-state index in [1.807, 2.05) is 36.4 Å². The first-order valence-corrected chi connectivity index (χ1v) is 8.21. The molecule has 1 aromatic carbocycles. The third kappa shape index (κ3) is 3.50. The molecular formula is C18H18N6O. The summed E-state index contributed by atoms with van der Waals surface area (Å²) in [5.74, 6) is 2.17. The second-order valence-electron chi connectivity index (χ2n) is 6.11. The number of amides is 1. The van der Waals surface area contributed by atoms with Gasteiger partial charge < -0.3 is 10.6 Å². The van der Waals surface area contributed by atoms with E-state index in [4.69, 9.17) is 0 Å². The first kappa shape index (κ1) is 15.3. The Kier molecular flexibility index (Phi) is 3.89. The molecule has 0 spiro atoms. The summed E-state index contributed by atoms with van der Waals surface area (Å²) >= 11 is 0. The van der Waals surface area contributed by atoms with E-state index in [2.05, 4.69) is 30.8 Å². The van der Waals surface area contributed by atoms with Crippen molar-refractivity contribution in [2.24, 2.45) is 0 Å². The van der Waals surface area contributed by atoms with Gasteiger partial charge in [0.2, 0.25) is 5.91 Å². The van der Waals surface area contributed by atoms with Crippen LogP contribution in [-0.4, -0.2) is 26.1 Å². The predicted octanol–water partition coefficient (Wildman–Crippen LogP) is 3.45. The van der Waals surface area contributed by atoms with E-state index in [1.165, 1.54) is 19.8 Å². The van der Waals surface area contributed by atoms with E-state index in [-0.39, 0.29) is 5.91 Å². The van der Waals surface area contributed by atoms with Crippen LogP contribution in [0.25, 0.3) is 11.4 Å². The molecule has 7 heteroatoms. The first-order valence-electron chi connectivity index (χ1n) is 8.21. The third-order valence-corrected chi connectivity index (χ3v) is 3.99. The lowest BCUT2D eigenvalue weighted by atomic mass is 10.2. The van der Waals surface area contributed by atoms with E-state index in [0.717, 1.165) is 11.3 Å². The lowest BCUT2D eigenvalue weighted by Gasteiger charge is -2.11. The minimum absolute atomic E-state index is 0.181. The molecule has 3 aromatic rings. The van der Waals surface area contributed by atoms with Crippen molar-refractivity contribution in [1.29, 1.82) is 0 Å². The molecule has 2 heterocycles. The van der Waals surface area contributed by atoms with Crippen molar-refractivity contribution < 1.29 is 4.79 Å². The van der Waals surface area contributed by atoms with Crippen LogP contribution < -0.4 is 10.6 Å². The van der Waals surface area contributed by atoms with Crippen LogP contribution in [0.15, 0.2) is 42.6 Å². The number of nitrogens with one attached hydrogen (secondary N) is 3. The van der Waals surface area contributed by atoms with Crippen molar-refractivity contribution in [3.05, 3.63) is 48.3 Å². The van der Waals surface area contributed by atoms with Crippen LogP contribution in [0.3, 0.4) is 0 Å². The van der Waals surface area contributed by atoms with Crippen molar-refractivity contribution in [3.8, 4) is 11.4 Å². The number of nitrogens with zero attached hydrogens (tertiary/aromatic N) is 3. The zero-order chi connectivity index (χ0) is 17.2. The molecule has 0 saturated heterocycles. The van der Waals surface area contributed by atoms with Gasteiger partial charge in [-0.2, -0.15) is 5.10 Å². The highest BCUT2D eigenvalue weighted by molar-refractivity contribution is 5.92. The number of carbonyl (C=O) groups is 1. The number of rotatable bonds is 5. The summed E-state index contributed by atoms with van der Waals surface area (Å²) in [7, 11) is 0. The predicted molar refractivity (Wildman–Crippen MR) is 95.6 cm³/mol. The normalized spacial score (nSPS) is 13.5. The molecule has 1 aliphatic carbocycles. The summed E-state index contributed by atoms with van der Waals surface area (Å²) in [6.07, 6.45) is 4.00. The smallest absolute Gasteiger partial charge is 0.221 e. The minimum Gasteiger partial charge on any atom is -0.322 e. The maximum Gasteiger partial charge on any atom is 0.221 e. The largest absolute Gasteiger partial charge is 0.322 e. The van der Waals surface area contributed by atoms with E-state index in [9.17, 15) is 4.79 Å². The summed E-state index contributed by atoms with van der Waals surface area (Å²) in [6.45, 7) is 1.45. The number of aromatic amines is 1. The Morgan fingerprint density at radius 3 is 2.76 bits per heavy atom. The van der Waals surface area contributed by atoms with Crippen molar-refractivity contribution in [2.45, 2.75) is 25.7 Å². The molecule has 0 bridgehead atoms. The highest BCUT2D eigenvalue weighted by Crippen LogP contribution is 2.39. The van der Waals surface area contributed by atoms with Gasteiger partial charge in [0, 0.05) is 30.2 Å². The van der Waals surface area contributed by atoms with Crippen molar-refractivity contribution in [3.63, 3.8) is 0 Å². The Bertz CT molecular complexity index is 901. The van der Waals surface area contributed by atoms with Crippen LogP contribution in [0, 0.1) is 0 Å². The van der Waals surface area contributed by atoms with Crippen LogP contribution in [-0.2, 0) is 4.79 Å². The zero-order valence-electron chi connectivity index (χ0n) is 13.8. The molecule has 126 valence electrons. The Hall–Kier alpha value is -3.22. The quantitative estimate of drug-likeness (QED) is 0.664. The minimum atomic E-state index is -0.181. The van der Waals surface area contributed by atoms with Crippen molar-refractivity contribution in [1.82, 2.24) is 20.2 Å². The molecule has 2 aromatic heterocycles. The maximum absolute atomic E-state index is 11.5. The molecule has 1 saturated carbocycles. The van der Waals surface area contributed by atoms with E-state index >= 15 is 0 Å². The topological polar surface area (TPSA) is 95.6 Å². The van der Waals surface area contributed by atoms with E-state index in [0.29, 0.717) is 29.1 Å². The van der Waals surface area contributed by atoms with Gasteiger partial charge in [-0.25, -0.2) is 9.97 Å². The summed E-state index contributed by atoms with van der Waals surface area (Å²) in [4.78, 5) is 20.4. The van der Waals surface area contributed by atoms with Gasteiger partial charge in [0.25, 0.3) is 0 Å². The van der Waals surface area contributed by atoms with Gasteiger partial charge >= 0.3 is 0 Å². The summed E-state index contributed by atoms with van der Waals surface area (Å²) < 4.78 is 0. The van der Waals surface area contributed by atoms with Gasteiger partial charge in [0.15, 0.2) is 17.5 Å². The lowest BCUT2D eigenvalue weighted by Crippen LogP contribution is -2.10. The maximum atomic E-state index is 11.5. The molecule has 4 rings (SSSR count). The molecule has 3 N–H and O–H groups in total. The number of carbonyl (C=O) groups excluding carboxylic acids is 1. The fourth-order valence-corrected chi connectivity index (χ4v) is 2.61. The average Bonchev–Trinajstić information content (AvgIpc) is 3.36.